The predicted octanol–water partition coefficient (Wildman–Crippen LogP) is 0.583. The van der Waals surface area contributed by atoms with Gasteiger partial charge in [-0.15, -0.1) is 0 Å². The monoisotopic (exact) mass is 222 g/mol. The van der Waals surface area contributed by atoms with Crippen LogP contribution in [0.4, 0.5) is 0 Å². The van der Waals surface area contributed by atoms with E-state index < -0.39 is 10.3 Å². The van der Waals surface area contributed by atoms with Crippen LogP contribution in [0.1, 0.15) is 0 Å². The third-order valence-corrected chi connectivity index (χ3v) is 1.77. The summed E-state index contributed by atoms with van der Waals surface area (Å²) in [6.45, 7) is 0. The van der Waals surface area contributed by atoms with E-state index in [1.165, 1.54) is 12.4 Å². The Morgan fingerprint density at radius 1 is 1.60 bits per heavy atom. The second kappa shape index (κ2) is 2.98. The van der Waals surface area contributed by atoms with Gasteiger partial charge < -0.3 is 4.98 Å². The van der Waals surface area contributed by atoms with Crippen molar-refractivity contribution in [2.45, 2.75) is 0 Å². The van der Waals surface area contributed by atoms with Gasteiger partial charge in [0, 0.05) is 12.4 Å². The standard InChI is InChI=1S/C4H3BrN2O2S/c5-3-1-6-4(7-2-3)10(8)9/h1-2,6H. The summed E-state index contributed by atoms with van der Waals surface area (Å²) >= 11 is 3.10. The fraction of sp³-hybridized carbons (Fsp3) is 0. The quantitative estimate of drug-likeness (QED) is 0.654. The van der Waals surface area contributed by atoms with Gasteiger partial charge >= 0.3 is 0 Å². The first-order chi connectivity index (χ1) is 4.70. The number of H-pyrrole nitrogens is 1. The molecule has 0 saturated carbocycles. The molecule has 0 aliphatic rings. The molecule has 1 heterocycles. The van der Waals surface area contributed by atoms with E-state index in [0.29, 0.717) is 4.47 Å². The summed E-state index contributed by atoms with van der Waals surface area (Å²) in [5, 5.41) is 0. The number of aromatic nitrogens is 2. The predicted molar refractivity (Wildman–Crippen MR) is 38.5 cm³/mol. The lowest BCUT2D eigenvalue weighted by Crippen LogP contribution is -1.81. The van der Waals surface area contributed by atoms with E-state index in [1.807, 2.05) is 0 Å². The zero-order chi connectivity index (χ0) is 7.56. The van der Waals surface area contributed by atoms with E-state index in [-0.39, 0.29) is 4.77 Å². The first-order valence-corrected chi connectivity index (χ1v) is 4.19. The van der Waals surface area contributed by atoms with Crippen LogP contribution in [0.5, 0.6) is 0 Å². The summed E-state index contributed by atoms with van der Waals surface area (Å²) in [5.74, 6) is 0. The highest BCUT2D eigenvalue weighted by atomic mass is 79.9. The van der Waals surface area contributed by atoms with E-state index in [4.69, 9.17) is 0 Å². The summed E-state index contributed by atoms with van der Waals surface area (Å²) in [5.41, 5.74) is 0. The van der Waals surface area contributed by atoms with Crippen molar-refractivity contribution in [1.82, 2.24) is 9.97 Å². The molecule has 1 N–H and O–H groups in total. The minimum Gasteiger partial charge on any atom is -0.332 e. The molecule has 0 radical (unpaired) electrons. The second-order valence-electron chi connectivity index (χ2n) is 1.47. The summed E-state index contributed by atoms with van der Waals surface area (Å²) in [4.78, 5) is 6.03. The van der Waals surface area contributed by atoms with Crippen molar-refractivity contribution in [2.75, 3.05) is 0 Å². The fourth-order valence-corrected chi connectivity index (χ4v) is 0.927. The molecule has 0 amide bonds. The SMILES string of the molecule is O=S(=O)=c1ncc(Br)c[nH]1. The van der Waals surface area contributed by atoms with Gasteiger partial charge in [0.2, 0.25) is 0 Å². The highest BCUT2D eigenvalue weighted by molar-refractivity contribution is 9.10. The van der Waals surface area contributed by atoms with E-state index in [1.54, 1.807) is 0 Å². The van der Waals surface area contributed by atoms with Crippen LogP contribution in [0.25, 0.3) is 0 Å². The molecule has 0 unspecified atom stereocenters. The molecule has 0 aliphatic heterocycles. The van der Waals surface area contributed by atoms with Crippen molar-refractivity contribution in [3.8, 4) is 0 Å². The summed E-state index contributed by atoms with van der Waals surface area (Å²) in [6, 6.07) is 0. The van der Waals surface area contributed by atoms with Crippen LogP contribution in [-0.2, 0) is 10.3 Å². The molecule has 1 aromatic heterocycles. The van der Waals surface area contributed by atoms with Crippen LogP contribution in [-0.4, -0.2) is 18.4 Å². The Morgan fingerprint density at radius 3 is 2.70 bits per heavy atom. The van der Waals surface area contributed by atoms with Crippen molar-refractivity contribution in [2.24, 2.45) is 0 Å². The molecule has 0 aliphatic carbocycles. The van der Waals surface area contributed by atoms with Crippen molar-refractivity contribution in [3.05, 3.63) is 21.6 Å². The zero-order valence-corrected chi connectivity index (χ0v) is 7.11. The maximum Gasteiger partial charge on any atom is 0.258 e. The number of nitrogens with zero attached hydrogens (tertiary/aromatic N) is 1. The molecule has 1 rings (SSSR count). The van der Waals surface area contributed by atoms with Crippen LogP contribution in [0, 0.1) is 4.77 Å². The molecular formula is C4H3BrN2O2S. The average molecular weight is 223 g/mol. The third-order valence-electron chi connectivity index (χ3n) is 0.797. The Kier molecular flexibility index (Phi) is 2.23. The number of nitrogens with one attached hydrogen (secondary N) is 1. The normalized spacial score (nSPS) is 9.30. The molecule has 0 saturated heterocycles. The molecule has 1 aromatic rings. The number of hydrogen-bond acceptors (Lipinski definition) is 3. The molecule has 0 aromatic carbocycles. The van der Waals surface area contributed by atoms with Gasteiger partial charge in [0.1, 0.15) is 0 Å². The third kappa shape index (κ3) is 1.68. The average Bonchev–Trinajstić information content (AvgIpc) is 1.88. The lowest BCUT2D eigenvalue weighted by atomic mass is 10.7. The molecular weight excluding hydrogens is 220 g/mol. The topological polar surface area (TPSA) is 62.8 Å². The lowest BCUT2D eigenvalue weighted by molar-refractivity contribution is 0.623. The van der Waals surface area contributed by atoms with E-state index in [9.17, 15) is 8.42 Å². The Balaban J connectivity index is 3.55. The fourth-order valence-electron chi connectivity index (χ4n) is 0.417. The molecule has 4 nitrogen and oxygen atoms in total. The van der Waals surface area contributed by atoms with E-state index in [0.717, 1.165) is 0 Å². The van der Waals surface area contributed by atoms with Crippen LogP contribution < -0.4 is 0 Å². The minimum absolute atomic E-state index is 0.0665. The van der Waals surface area contributed by atoms with Crippen molar-refractivity contribution in [1.29, 1.82) is 0 Å². The van der Waals surface area contributed by atoms with Gasteiger partial charge in [-0.2, -0.15) is 8.42 Å². The number of aromatic amines is 1. The Morgan fingerprint density at radius 2 is 2.30 bits per heavy atom. The van der Waals surface area contributed by atoms with E-state index >= 15 is 0 Å². The molecule has 0 spiro atoms. The number of rotatable bonds is 0. The largest absolute Gasteiger partial charge is 0.332 e. The van der Waals surface area contributed by atoms with Crippen LogP contribution in [0.2, 0.25) is 0 Å². The van der Waals surface area contributed by atoms with Crippen LogP contribution >= 0.6 is 15.9 Å². The number of hydrogen-bond donors (Lipinski definition) is 1. The van der Waals surface area contributed by atoms with Crippen molar-refractivity contribution in [3.63, 3.8) is 0 Å². The van der Waals surface area contributed by atoms with Gasteiger partial charge in [0.25, 0.3) is 15.1 Å². The Bertz CT molecular complexity index is 365. The maximum absolute atomic E-state index is 10.2. The van der Waals surface area contributed by atoms with Crippen molar-refractivity contribution < 1.29 is 8.42 Å². The molecule has 0 fully saturated rings. The molecule has 10 heavy (non-hydrogen) atoms. The molecule has 54 valence electrons. The lowest BCUT2D eigenvalue weighted by Gasteiger charge is -1.83. The second-order valence-corrected chi connectivity index (χ2v) is 3.24. The smallest absolute Gasteiger partial charge is 0.258 e. The minimum atomic E-state index is -2.27. The highest BCUT2D eigenvalue weighted by Crippen LogP contribution is 2.01. The zero-order valence-electron chi connectivity index (χ0n) is 4.70. The molecule has 6 heteroatoms. The Hall–Kier alpha value is -0.620. The number of halogens is 1. The summed E-state index contributed by atoms with van der Waals surface area (Å²) in [6.07, 6.45) is 2.90. The first-order valence-electron chi connectivity index (χ1n) is 2.32. The van der Waals surface area contributed by atoms with Gasteiger partial charge in [0.05, 0.1) is 4.47 Å². The van der Waals surface area contributed by atoms with Crippen LogP contribution in [0.3, 0.4) is 0 Å². The summed E-state index contributed by atoms with van der Waals surface area (Å²) < 4.78 is 21.0. The maximum atomic E-state index is 10.2. The van der Waals surface area contributed by atoms with E-state index in [2.05, 4.69) is 25.9 Å². The summed E-state index contributed by atoms with van der Waals surface area (Å²) in [7, 11) is -2.27. The van der Waals surface area contributed by atoms with Gasteiger partial charge in [-0.05, 0) is 15.9 Å². The van der Waals surface area contributed by atoms with Gasteiger partial charge in [-0.25, -0.2) is 4.98 Å². The van der Waals surface area contributed by atoms with Gasteiger partial charge in [0.15, 0.2) is 0 Å². The van der Waals surface area contributed by atoms with Crippen LogP contribution in [0.15, 0.2) is 16.9 Å². The molecule has 0 atom stereocenters. The molecule has 0 bridgehead atoms. The Labute approximate surface area is 66.6 Å². The van der Waals surface area contributed by atoms with Crippen molar-refractivity contribution >= 4 is 26.2 Å². The van der Waals surface area contributed by atoms with Gasteiger partial charge in [-0.3, -0.25) is 0 Å². The first kappa shape index (κ1) is 7.49. The van der Waals surface area contributed by atoms with Gasteiger partial charge in [-0.1, -0.05) is 0 Å². The highest BCUT2D eigenvalue weighted by Gasteiger charge is 1.84.